The monoisotopic (exact) mass is 261 g/mol. The van der Waals surface area contributed by atoms with Crippen molar-refractivity contribution in [3.63, 3.8) is 0 Å². The van der Waals surface area contributed by atoms with Crippen molar-refractivity contribution in [3.05, 3.63) is 0 Å². The highest BCUT2D eigenvalue weighted by molar-refractivity contribution is 7.91. The van der Waals surface area contributed by atoms with Crippen LogP contribution in [0.25, 0.3) is 0 Å². The topological polar surface area (TPSA) is 46.2 Å². The smallest absolute Gasteiger partial charge is 0.151 e. The molecule has 0 spiro atoms. The lowest BCUT2D eigenvalue weighted by atomic mass is 9.95. The maximum absolute atomic E-state index is 11.7. The van der Waals surface area contributed by atoms with Gasteiger partial charge < -0.3 is 5.32 Å². The molecule has 0 aromatic rings. The summed E-state index contributed by atoms with van der Waals surface area (Å²) in [5.74, 6) is 0.649. The summed E-state index contributed by atoms with van der Waals surface area (Å²) in [5.41, 5.74) is 0. The second-order valence-electron chi connectivity index (χ2n) is 5.44. The molecule has 1 saturated carbocycles. The standard InChI is InChI=1S/C13H27NO2S/c1-5-11(6-2)10(3)14-12-8-7-9-13(12)17(4,15)16/h10-14H,5-9H2,1-4H3. The van der Waals surface area contributed by atoms with Gasteiger partial charge in [0.15, 0.2) is 9.84 Å². The van der Waals surface area contributed by atoms with Gasteiger partial charge in [0.1, 0.15) is 0 Å². The fourth-order valence-corrected chi connectivity index (χ4v) is 4.50. The molecule has 0 saturated heterocycles. The molecule has 4 heteroatoms. The Hall–Kier alpha value is -0.0900. The molecule has 0 aromatic heterocycles. The summed E-state index contributed by atoms with van der Waals surface area (Å²) < 4.78 is 23.4. The van der Waals surface area contributed by atoms with Gasteiger partial charge in [-0.15, -0.1) is 0 Å². The minimum atomic E-state index is -2.90. The number of nitrogens with one attached hydrogen (secondary N) is 1. The molecule has 0 radical (unpaired) electrons. The Bertz CT molecular complexity index is 322. The average Bonchev–Trinajstić information content (AvgIpc) is 2.67. The molecule has 17 heavy (non-hydrogen) atoms. The van der Waals surface area contributed by atoms with Crippen LogP contribution in [0.5, 0.6) is 0 Å². The van der Waals surface area contributed by atoms with Gasteiger partial charge in [-0.3, -0.25) is 0 Å². The zero-order chi connectivity index (χ0) is 13.1. The zero-order valence-corrected chi connectivity index (χ0v) is 12.4. The van der Waals surface area contributed by atoms with E-state index in [9.17, 15) is 8.42 Å². The summed E-state index contributed by atoms with van der Waals surface area (Å²) in [7, 11) is -2.90. The van der Waals surface area contributed by atoms with Gasteiger partial charge in [-0.1, -0.05) is 33.1 Å². The average molecular weight is 261 g/mol. The molecule has 0 aliphatic heterocycles. The Morgan fingerprint density at radius 3 is 2.29 bits per heavy atom. The Morgan fingerprint density at radius 1 is 1.24 bits per heavy atom. The largest absolute Gasteiger partial charge is 0.310 e. The first-order valence-electron chi connectivity index (χ1n) is 6.85. The molecule has 0 bridgehead atoms. The van der Waals surface area contributed by atoms with Crippen molar-refractivity contribution in [1.82, 2.24) is 5.32 Å². The molecule has 1 aliphatic carbocycles. The van der Waals surface area contributed by atoms with Gasteiger partial charge in [-0.2, -0.15) is 0 Å². The summed E-state index contributed by atoms with van der Waals surface area (Å²) in [4.78, 5) is 0. The number of sulfone groups is 1. The fourth-order valence-electron chi connectivity index (χ4n) is 3.10. The lowest BCUT2D eigenvalue weighted by molar-refractivity contribution is 0.322. The molecule has 1 N–H and O–H groups in total. The highest BCUT2D eigenvalue weighted by atomic mass is 32.2. The lowest BCUT2D eigenvalue weighted by Gasteiger charge is -2.28. The SMILES string of the molecule is CCC(CC)C(C)NC1CCCC1S(C)(=O)=O. The molecule has 0 aromatic carbocycles. The first kappa shape index (κ1) is 15.0. The van der Waals surface area contributed by atoms with E-state index in [0.29, 0.717) is 12.0 Å². The van der Waals surface area contributed by atoms with Gasteiger partial charge in [0, 0.05) is 18.3 Å². The summed E-state index contributed by atoms with van der Waals surface area (Å²) in [6.45, 7) is 6.60. The van der Waals surface area contributed by atoms with Crippen LogP contribution in [0, 0.1) is 5.92 Å². The molecule has 0 heterocycles. The van der Waals surface area contributed by atoms with Gasteiger partial charge in [-0.05, 0) is 25.7 Å². The van der Waals surface area contributed by atoms with Crippen LogP contribution in [0.1, 0.15) is 52.9 Å². The number of hydrogen-bond donors (Lipinski definition) is 1. The summed E-state index contributed by atoms with van der Waals surface area (Å²) in [6.07, 6.45) is 6.54. The zero-order valence-electron chi connectivity index (χ0n) is 11.6. The van der Waals surface area contributed by atoms with Crippen molar-refractivity contribution < 1.29 is 8.42 Å². The molecule has 3 atom stereocenters. The van der Waals surface area contributed by atoms with Crippen molar-refractivity contribution in [2.75, 3.05) is 6.26 Å². The van der Waals surface area contributed by atoms with E-state index < -0.39 is 9.84 Å². The van der Waals surface area contributed by atoms with E-state index in [4.69, 9.17) is 0 Å². The van der Waals surface area contributed by atoms with E-state index in [1.807, 2.05) is 0 Å². The summed E-state index contributed by atoms with van der Waals surface area (Å²) in [5, 5.41) is 3.39. The van der Waals surface area contributed by atoms with Crippen LogP contribution in [-0.2, 0) is 9.84 Å². The third-order valence-corrected chi connectivity index (χ3v) is 5.90. The maximum Gasteiger partial charge on any atom is 0.151 e. The molecular weight excluding hydrogens is 234 g/mol. The van der Waals surface area contributed by atoms with Gasteiger partial charge in [0.05, 0.1) is 5.25 Å². The fraction of sp³-hybridized carbons (Fsp3) is 1.00. The minimum Gasteiger partial charge on any atom is -0.310 e. The van der Waals surface area contributed by atoms with Gasteiger partial charge in [-0.25, -0.2) is 8.42 Å². The van der Waals surface area contributed by atoms with E-state index in [0.717, 1.165) is 32.1 Å². The Kier molecular flexibility index (Phi) is 5.45. The Labute approximate surface area is 106 Å². The predicted octanol–water partition coefficient (Wildman–Crippen LogP) is 2.37. The van der Waals surface area contributed by atoms with Crippen LogP contribution >= 0.6 is 0 Å². The predicted molar refractivity (Wildman–Crippen MR) is 72.9 cm³/mol. The van der Waals surface area contributed by atoms with E-state index in [1.165, 1.54) is 6.26 Å². The molecular formula is C13H27NO2S. The molecule has 1 rings (SSSR count). The third kappa shape index (κ3) is 3.95. The third-order valence-electron chi connectivity index (χ3n) is 4.24. The number of rotatable bonds is 6. The van der Waals surface area contributed by atoms with Crippen molar-refractivity contribution in [1.29, 1.82) is 0 Å². The van der Waals surface area contributed by atoms with Crippen LogP contribution in [0.2, 0.25) is 0 Å². The van der Waals surface area contributed by atoms with Crippen LogP contribution in [0.4, 0.5) is 0 Å². The Balaban J connectivity index is 2.62. The molecule has 102 valence electrons. The van der Waals surface area contributed by atoms with E-state index in [1.54, 1.807) is 0 Å². The molecule has 1 aliphatic rings. The van der Waals surface area contributed by atoms with Crippen LogP contribution in [0.3, 0.4) is 0 Å². The number of hydrogen-bond acceptors (Lipinski definition) is 3. The van der Waals surface area contributed by atoms with Gasteiger partial charge >= 0.3 is 0 Å². The first-order chi connectivity index (χ1) is 7.90. The van der Waals surface area contributed by atoms with E-state index >= 15 is 0 Å². The highest BCUT2D eigenvalue weighted by Gasteiger charge is 2.35. The molecule has 1 fully saturated rings. The normalized spacial score (nSPS) is 27.6. The summed E-state index contributed by atoms with van der Waals surface area (Å²) >= 11 is 0. The van der Waals surface area contributed by atoms with Crippen molar-refractivity contribution in [2.24, 2.45) is 5.92 Å². The second kappa shape index (κ2) is 6.19. The quantitative estimate of drug-likeness (QED) is 0.798. The van der Waals surface area contributed by atoms with E-state index in [2.05, 4.69) is 26.1 Å². The first-order valence-corrected chi connectivity index (χ1v) is 8.80. The van der Waals surface area contributed by atoms with Crippen LogP contribution < -0.4 is 5.32 Å². The van der Waals surface area contributed by atoms with E-state index in [-0.39, 0.29) is 11.3 Å². The van der Waals surface area contributed by atoms with Gasteiger partial charge in [0.2, 0.25) is 0 Å². The molecule has 0 amide bonds. The van der Waals surface area contributed by atoms with Crippen LogP contribution in [0.15, 0.2) is 0 Å². The van der Waals surface area contributed by atoms with Crippen LogP contribution in [-0.4, -0.2) is 32.0 Å². The minimum absolute atomic E-state index is 0.167. The van der Waals surface area contributed by atoms with Crippen molar-refractivity contribution in [3.8, 4) is 0 Å². The summed E-state index contributed by atoms with van der Waals surface area (Å²) in [6, 6.07) is 0.581. The molecule has 3 unspecified atom stereocenters. The van der Waals surface area contributed by atoms with Gasteiger partial charge in [0.25, 0.3) is 0 Å². The maximum atomic E-state index is 11.7. The molecule has 3 nitrogen and oxygen atoms in total. The Morgan fingerprint density at radius 2 is 1.82 bits per heavy atom. The lowest BCUT2D eigenvalue weighted by Crippen LogP contribution is -2.46. The van der Waals surface area contributed by atoms with Crippen molar-refractivity contribution >= 4 is 9.84 Å². The highest BCUT2D eigenvalue weighted by Crippen LogP contribution is 2.26. The van der Waals surface area contributed by atoms with Crippen molar-refractivity contribution in [2.45, 2.75) is 70.2 Å². The second-order valence-corrected chi connectivity index (χ2v) is 7.70.